The summed E-state index contributed by atoms with van der Waals surface area (Å²) in [4.78, 5) is 30.1. The fourth-order valence-electron chi connectivity index (χ4n) is 4.44. The van der Waals surface area contributed by atoms with E-state index in [0.29, 0.717) is 38.9 Å². The molecule has 4 nitrogen and oxygen atoms in total. The average molecular weight is 441 g/mol. The Kier molecular flexibility index (Phi) is 7.56. The lowest BCUT2D eigenvalue weighted by Crippen LogP contribution is -2.44. The number of aryl methyl sites for hydroxylation is 2. The van der Waals surface area contributed by atoms with Crippen molar-refractivity contribution in [3.8, 4) is 0 Å². The number of benzene rings is 3. The fraction of sp³-hybridized carbons (Fsp3) is 0.310. The lowest BCUT2D eigenvalue weighted by Gasteiger charge is -2.34. The van der Waals surface area contributed by atoms with Gasteiger partial charge in [-0.25, -0.2) is 0 Å². The van der Waals surface area contributed by atoms with E-state index in [9.17, 15) is 9.59 Å². The molecule has 170 valence electrons. The SMILES string of the molecule is Cc1ccc(N(Cc2ccccc2)C(=O)C2CCN(C(=O)CCc3ccccc3)CC2)cc1. The number of anilines is 1. The summed E-state index contributed by atoms with van der Waals surface area (Å²) in [6.07, 6.45) is 2.71. The molecule has 0 N–H and O–H groups in total. The van der Waals surface area contributed by atoms with Gasteiger partial charge in [0.05, 0.1) is 6.54 Å². The van der Waals surface area contributed by atoms with E-state index in [1.165, 1.54) is 11.1 Å². The van der Waals surface area contributed by atoms with Crippen LogP contribution in [0.3, 0.4) is 0 Å². The number of hydrogen-bond donors (Lipinski definition) is 0. The lowest BCUT2D eigenvalue weighted by molar-refractivity contribution is -0.135. The van der Waals surface area contributed by atoms with Crippen molar-refractivity contribution in [3.63, 3.8) is 0 Å². The maximum Gasteiger partial charge on any atom is 0.230 e. The fourth-order valence-corrected chi connectivity index (χ4v) is 4.44. The molecule has 0 aliphatic carbocycles. The van der Waals surface area contributed by atoms with Crippen LogP contribution in [0.5, 0.6) is 0 Å². The number of likely N-dealkylation sites (tertiary alicyclic amines) is 1. The predicted molar refractivity (Wildman–Crippen MR) is 133 cm³/mol. The molecular weight excluding hydrogens is 408 g/mol. The van der Waals surface area contributed by atoms with Gasteiger partial charge in [-0.05, 0) is 49.4 Å². The van der Waals surface area contributed by atoms with Gasteiger partial charge in [0.25, 0.3) is 0 Å². The molecule has 0 radical (unpaired) electrons. The first-order valence-electron chi connectivity index (χ1n) is 11.8. The molecule has 3 aromatic carbocycles. The zero-order chi connectivity index (χ0) is 23.0. The van der Waals surface area contributed by atoms with Crippen LogP contribution in [0.25, 0.3) is 0 Å². The van der Waals surface area contributed by atoms with Crippen LogP contribution in [0.1, 0.15) is 36.0 Å². The van der Waals surface area contributed by atoms with Gasteiger partial charge in [-0.1, -0.05) is 78.4 Å². The summed E-state index contributed by atoms with van der Waals surface area (Å²) in [5, 5.41) is 0. The first-order chi connectivity index (χ1) is 16.1. The van der Waals surface area contributed by atoms with Crippen molar-refractivity contribution in [3.05, 3.63) is 102 Å². The van der Waals surface area contributed by atoms with Crippen LogP contribution >= 0.6 is 0 Å². The van der Waals surface area contributed by atoms with Crippen LogP contribution < -0.4 is 4.90 Å². The largest absolute Gasteiger partial charge is 0.343 e. The van der Waals surface area contributed by atoms with Crippen LogP contribution in [0.2, 0.25) is 0 Å². The second-order valence-electron chi connectivity index (χ2n) is 8.89. The number of amides is 2. The minimum absolute atomic E-state index is 0.0619. The molecule has 2 amide bonds. The minimum atomic E-state index is -0.0619. The van der Waals surface area contributed by atoms with E-state index in [1.807, 2.05) is 58.3 Å². The van der Waals surface area contributed by atoms with E-state index in [0.717, 1.165) is 17.7 Å². The molecule has 1 saturated heterocycles. The zero-order valence-electron chi connectivity index (χ0n) is 19.3. The summed E-state index contributed by atoms with van der Waals surface area (Å²) in [7, 11) is 0. The highest BCUT2D eigenvalue weighted by Crippen LogP contribution is 2.26. The number of carbonyl (C=O) groups is 2. The van der Waals surface area contributed by atoms with Crippen LogP contribution in [-0.2, 0) is 22.6 Å². The van der Waals surface area contributed by atoms with Gasteiger partial charge in [0.2, 0.25) is 11.8 Å². The van der Waals surface area contributed by atoms with Crippen LogP contribution in [0.15, 0.2) is 84.9 Å². The maximum absolute atomic E-state index is 13.6. The van der Waals surface area contributed by atoms with Crippen molar-refractivity contribution in [2.45, 2.75) is 39.2 Å². The van der Waals surface area contributed by atoms with E-state index in [4.69, 9.17) is 0 Å². The monoisotopic (exact) mass is 440 g/mol. The topological polar surface area (TPSA) is 40.6 Å². The third kappa shape index (κ3) is 6.10. The standard InChI is InChI=1S/C29H32N2O2/c1-23-12-15-27(16-13-23)31(22-25-10-6-3-7-11-25)29(33)26-18-20-30(21-19-26)28(32)17-14-24-8-4-2-5-9-24/h2-13,15-16,26H,14,17-22H2,1H3. The number of carbonyl (C=O) groups excluding carboxylic acids is 2. The van der Waals surface area contributed by atoms with Crippen molar-refractivity contribution in [2.24, 2.45) is 5.92 Å². The molecule has 0 atom stereocenters. The van der Waals surface area contributed by atoms with Gasteiger partial charge in [0.15, 0.2) is 0 Å². The summed E-state index contributed by atoms with van der Waals surface area (Å²) < 4.78 is 0. The molecule has 1 heterocycles. The molecule has 0 spiro atoms. The third-order valence-electron chi connectivity index (χ3n) is 6.46. The zero-order valence-corrected chi connectivity index (χ0v) is 19.3. The van der Waals surface area contributed by atoms with Crippen LogP contribution in [-0.4, -0.2) is 29.8 Å². The maximum atomic E-state index is 13.6. The average Bonchev–Trinajstić information content (AvgIpc) is 2.87. The van der Waals surface area contributed by atoms with E-state index in [1.54, 1.807) is 0 Å². The molecule has 0 bridgehead atoms. The number of rotatable bonds is 7. The second-order valence-corrected chi connectivity index (χ2v) is 8.89. The Morgan fingerprint density at radius 1 is 0.818 bits per heavy atom. The van der Waals surface area contributed by atoms with Gasteiger partial charge in [0, 0.05) is 31.1 Å². The molecule has 1 aliphatic heterocycles. The second kappa shape index (κ2) is 11.0. The Balaban J connectivity index is 1.38. The van der Waals surface area contributed by atoms with E-state index in [-0.39, 0.29) is 17.7 Å². The Bertz CT molecular complexity index is 1040. The summed E-state index contributed by atoms with van der Waals surface area (Å²) in [6, 6.07) is 28.4. The lowest BCUT2D eigenvalue weighted by atomic mass is 9.94. The van der Waals surface area contributed by atoms with Crippen LogP contribution in [0, 0.1) is 12.8 Å². The minimum Gasteiger partial charge on any atom is -0.343 e. The smallest absolute Gasteiger partial charge is 0.230 e. The third-order valence-corrected chi connectivity index (χ3v) is 6.46. The van der Waals surface area contributed by atoms with Gasteiger partial charge in [-0.3, -0.25) is 9.59 Å². The highest BCUT2D eigenvalue weighted by Gasteiger charge is 2.30. The molecule has 1 fully saturated rings. The number of nitrogens with zero attached hydrogens (tertiary/aromatic N) is 2. The summed E-state index contributed by atoms with van der Waals surface area (Å²) in [5.74, 6) is 0.275. The predicted octanol–water partition coefficient (Wildman–Crippen LogP) is 5.40. The first-order valence-corrected chi connectivity index (χ1v) is 11.8. The van der Waals surface area contributed by atoms with E-state index >= 15 is 0 Å². The Morgan fingerprint density at radius 2 is 1.39 bits per heavy atom. The van der Waals surface area contributed by atoms with Crippen molar-refractivity contribution in [2.75, 3.05) is 18.0 Å². The van der Waals surface area contributed by atoms with Crippen molar-refractivity contribution in [1.29, 1.82) is 0 Å². The summed E-state index contributed by atoms with van der Waals surface area (Å²) in [5.41, 5.74) is 4.40. The van der Waals surface area contributed by atoms with Crippen molar-refractivity contribution < 1.29 is 9.59 Å². The van der Waals surface area contributed by atoms with Gasteiger partial charge in [-0.15, -0.1) is 0 Å². The molecule has 0 saturated carbocycles. The van der Waals surface area contributed by atoms with Crippen LogP contribution in [0.4, 0.5) is 5.69 Å². The summed E-state index contributed by atoms with van der Waals surface area (Å²) >= 11 is 0. The Labute approximate surface area is 196 Å². The van der Waals surface area contributed by atoms with Crippen molar-refractivity contribution >= 4 is 17.5 Å². The van der Waals surface area contributed by atoms with E-state index < -0.39 is 0 Å². The molecule has 1 aliphatic rings. The molecule has 0 aromatic heterocycles. The molecule has 0 unspecified atom stereocenters. The molecule has 4 rings (SSSR count). The van der Waals surface area contributed by atoms with Crippen molar-refractivity contribution in [1.82, 2.24) is 4.90 Å². The highest BCUT2D eigenvalue weighted by atomic mass is 16.2. The molecule has 33 heavy (non-hydrogen) atoms. The highest BCUT2D eigenvalue weighted by molar-refractivity contribution is 5.95. The van der Waals surface area contributed by atoms with E-state index in [2.05, 4.69) is 43.3 Å². The van der Waals surface area contributed by atoms with Gasteiger partial charge < -0.3 is 9.80 Å². The number of piperidine rings is 1. The van der Waals surface area contributed by atoms with Gasteiger partial charge in [-0.2, -0.15) is 0 Å². The normalized spacial score (nSPS) is 14.2. The molecule has 4 heteroatoms. The Morgan fingerprint density at radius 3 is 2.00 bits per heavy atom. The van der Waals surface area contributed by atoms with Gasteiger partial charge in [0.1, 0.15) is 0 Å². The first kappa shape index (κ1) is 22.8. The summed E-state index contributed by atoms with van der Waals surface area (Å²) in [6.45, 7) is 3.91. The quantitative estimate of drug-likeness (QED) is 0.494. The Hall–Kier alpha value is -3.40. The van der Waals surface area contributed by atoms with Gasteiger partial charge >= 0.3 is 0 Å². The molecular formula is C29H32N2O2. The number of hydrogen-bond acceptors (Lipinski definition) is 2. The molecule has 3 aromatic rings.